The summed E-state index contributed by atoms with van der Waals surface area (Å²) in [5.74, 6) is 2.36. The lowest BCUT2D eigenvalue weighted by molar-refractivity contribution is -0.121. The van der Waals surface area contributed by atoms with Crippen LogP contribution in [0.4, 0.5) is 0 Å². The molecule has 0 spiro atoms. The first-order chi connectivity index (χ1) is 11.7. The van der Waals surface area contributed by atoms with Gasteiger partial charge in [-0.1, -0.05) is 24.3 Å². The van der Waals surface area contributed by atoms with E-state index in [1.54, 1.807) is 14.2 Å². The first-order valence-corrected chi connectivity index (χ1v) is 8.92. The highest BCUT2D eigenvalue weighted by molar-refractivity contribution is 7.99. The van der Waals surface area contributed by atoms with Gasteiger partial charge in [-0.2, -0.15) is 0 Å². The van der Waals surface area contributed by atoms with E-state index in [0.29, 0.717) is 17.9 Å². The van der Waals surface area contributed by atoms with Crippen molar-refractivity contribution in [3.8, 4) is 11.5 Å². The molecule has 2 aromatic carbocycles. The number of carbonyl (C=O) groups excluding carboxylic acids is 1. The minimum absolute atomic E-state index is 0.0222. The topological polar surface area (TPSA) is 47.6 Å². The summed E-state index contributed by atoms with van der Waals surface area (Å²) in [6.45, 7) is 0. The van der Waals surface area contributed by atoms with E-state index in [0.717, 1.165) is 17.7 Å². The number of fused-ring (bicyclic) bond motifs is 1. The number of amides is 1. The second kappa shape index (κ2) is 7.62. The van der Waals surface area contributed by atoms with Crippen LogP contribution in [0.5, 0.6) is 11.5 Å². The molecule has 24 heavy (non-hydrogen) atoms. The van der Waals surface area contributed by atoms with Crippen molar-refractivity contribution in [3.63, 3.8) is 0 Å². The second-order valence-corrected chi connectivity index (χ2v) is 6.80. The number of nitrogens with one attached hydrogen (secondary N) is 1. The summed E-state index contributed by atoms with van der Waals surface area (Å²) in [5.41, 5.74) is 2.12. The number of methoxy groups -OCH3 is 2. The Bertz CT molecular complexity index is 732. The largest absolute Gasteiger partial charge is 0.493 e. The van der Waals surface area contributed by atoms with Crippen molar-refractivity contribution in [1.82, 2.24) is 5.32 Å². The molecule has 1 atom stereocenters. The van der Waals surface area contributed by atoms with E-state index in [9.17, 15) is 4.79 Å². The molecule has 0 bridgehead atoms. The van der Waals surface area contributed by atoms with Crippen molar-refractivity contribution in [2.24, 2.45) is 0 Å². The molecule has 5 heteroatoms. The van der Waals surface area contributed by atoms with Gasteiger partial charge in [-0.15, -0.1) is 11.8 Å². The lowest BCUT2D eigenvalue weighted by Crippen LogP contribution is -2.31. The zero-order valence-corrected chi connectivity index (χ0v) is 14.7. The van der Waals surface area contributed by atoms with Crippen LogP contribution in [0.1, 0.15) is 23.6 Å². The van der Waals surface area contributed by atoms with Gasteiger partial charge in [0.2, 0.25) is 5.91 Å². The van der Waals surface area contributed by atoms with Crippen LogP contribution in [0.15, 0.2) is 47.4 Å². The van der Waals surface area contributed by atoms with Crippen LogP contribution in [-0.2, 0) is 11.2 Å². The van der Waals surface area contributed by atoms with E-state index in [2.05, 4.69) is 17.4 Å². The lowest BCUT2D eigenvalue weighted by atomic mass is 10.0. The maximum absolute atomic E-state index is 12.5. The summed E-state index contributed by atoms with van der Waals surface area (Å²) < 4.78 is 10.5. The summed E-state index contributed by atoms with van der Waals surface area (Å²) in [7, 11) is 3.20. The molecule has 0 radical (unpaired) electrons. The Labute approximate surface area is 146 Å². The van der Waals surface area contributed by atoms with Crippen LogP contribution in [0.3, 0.4) is 0 Å². The monoisotopic (exact) mass is 343 g/mol. The van der Waals surface area contributed by atoms with Gasteiger partial charge >= 0.3 is 0 Å². The molecule has 1 N–H and O–H groups in total. The van der Waals surface area contributed by atoms with Gasteiger partial charge in [0.25, 0.3) is 0 Å². The zero-order chi connectivity index (χ0) is 16.9. The van der Waals surface area contributed by atoms with E-state index in [4.69, 9.17) is 9.47 Å². The van der Waals surface area contributed by atoms with Gasteiger partial charge in [0, 0.05) is 10.6 Å². The van der Waals surface area contributed by atoms with Crippen LogP contribution < -0.4 is 14.8 Å². The standard InChI is InChI=1S/C19H21NO3S/c1-22-16-8-7-13(11-17(16)23-2)12-19(21)20-15-9-10-24-18-6-4-3-5-14(15)18/h3-8,11,15H,9-10,12H2,1-2H3,(H,20,21)/t15-/m1/s1. The SMILES string of the molecule is COc1ccc(CC(=O)N[C@@H]2CCSc3ccccc32)cc1OC. The second-order valence-electron chi connectivity index (χ2n) is 5.66. The van der Waals surface area contributed by atoms with E-state index in [1.165, 1.54) is 10.5 Å². The quantitative estimate of drug-likeness (QED) is 0.901. The molecule has 0 aliphatic carbocycles. The molecule has 1 aliphatic rings. The first kappa shape index (κ1) is 16.7. The molecule has 1 aliphatic heterocycles. The van der Waals surface area contributed by atoms with Crippen molar-refractivity contribution in [2.45, 2.75) is 23.8 Å². The van der Waals surface area contributed by atoms with Crippen LogP contribution in [0.2, 0.25) is 0 Å². The number of ether oxygens (including phenoxy) is 2. The fourth-order valence-corrected chi connectivity index (χ4v) is 4.04. The third-order valence-electron chi connectivity index (χ3n) is 4.11. The normalized spacial score (nSPS) is 16.2. The number of rotatable bonds is 5. The summed E-state index contributed by atoms with van der Waals surface area (Å²) in [6, 6.07) is 13.9. The third kappa shape index (κ3) is 3.67. The van der Waals surface area contributed by atoms with Crippen molar-refractivity contribution < 1.29 is 14.3 Å². The summed E-state index contributed by atoms with van der Waals surface area (Å²) in [4.78, 5) is 13.7. The first-order valence-electron chi connectivity index (χ1n) is 7.93. The third-order valence-corrected chi connectivity index (χ3v) is 5.23. The molecule has 0 unspecified atom stereocenters. The fraction of sp³-hybridized carbons (Fsp3) is 0.316. The van der Waals surface area contributed by atoms with Gasteiger partial charge in [0.1, 0.15) is 0 Å². The fourth-order valence-electron chi connectivity index (χ4n) is 2.91. The Balaban J connectivity index is 1.69. The Morgan fingerprint density at radius 2 is 1.96 bits per heavy atom. The molecule has 0 aromatic heterocycles. The Kier molecular flexibility index (Phi) is 5.30. The summed E-state index contributed by atoms with van der Waals surface area (Å²) in [6.07, 6.45) is 1.28. The van der Waals surface area contributed by atoms with Crippen LogP contribution >= 0.6 is 11.8 Å². The minimum Gasteiger partial charge on any atom is -0.493 e. The highest BCUT2D eigenvalue weighted by Crippen LogP contribution is 2.36. The van der Waals surface area contributed by atoms with E-state index < -0.39 is 0 Å². The van der Waals surface area contributed by atoms with Gasteiger partial charge in [-0.05, 0) is 35.7 Å². The molecule has 1 heterocycles. The number of hydrogen-bond acceptors (Lipinski definition) is 4. The molecule has 2 aromatic rings. The molecule has 3 rings (SSSR count). The molecule has 4 nitrogen and oxygen atoms in total. The van der Waals surface area contributed by atoms with Crippen LogP contribution in [0.25, 0.3) is 0 Å². The maximum atomic E-state index is 12.5. The Morgan fingerprint density at radius 3 is 2.75 bits per heavy atom. The summed E-state index contributed by atoms with van der Waals surface area (Å²) in [5, 5.41) is 3.17. The number of carbonyl (C=O) groups is 1. The van der Waals surface area contributed by atoms with Crippen molar-refractivity contribution in [2.75, 3.05) is 20.0 Å². The molecular weight excluding hydrogens is 322 g/mol. The maximum Gasteiger partial charge on any atom is 0.224 e. The van der Waals surface area contributed by atoms with Crippen molar-refractivity contribution >= 4 is 17.7 Å². The lowest BCUT2D eigenvalue weighted by Gasteiger charge is -2.26. The average molecular weight is 343 g/mol. The zero-order valence-electron chi connectivity index (χ0n) is 13.9. The van der Waals surface area contributed by atoms with E-state index >= 15 is 0 Å². The van der Waals surface area contributed by atoms with Gasteiger partial charge in [0.15, 0.2) is 11.5 Å². The Morgan fingerprint density at radius 1 is 1.17 bits per heavy atom. The molecule has 0 saturated heterocycles. The molecule has 1 amide bonds. The molecule has 126 valence electrons. The number of benzene rings is 2. The predicted octanol–water partition coefficient (Wildman–Crippen LogP) is 3.60. The highest BCUT2D eigenvalue weighted by atomic mass is 32.2. The minimum atomic E-state index is 0.0222. The van der Waals surface area contributed by atoms with Gasteiger partial charge in [-0.3, -0.25) is 4.79 Å². The highest BCUT2D eigenvalue weighted by Gasteiger charge is 2.22. The van der Waals surface area contributed by atoms with E-state index in [-0.39, 0.29) is 11.9 Å². The van der Waals surface area contributed by atoms with Crippen LogP contribution in [0, 0.1) is 0 Å². The predicted molar refractivity (Wildman–Crippen MR) is 95.9 cm³/mol. The van der Waals surface area contributed by atoms with Crippen molar-refractivity contribution in [1.29, 1.82) is 0 Å². The average Bonchev–Trinajstić information content (AvgIpc) is 2.62. The van der Waals surface area contributed by atoms with Gasteiger partial charge in [-0.25, -0.2) is 0 Å². The van der Waals surface area contributed by atoms with E-state index in [1.807, 2.05) is 42.1 Å². The number of thioether (sulfide) groups is 1. The van der Waals surface area contributed by atoms with Gasteiger partial charge < -0.3 is 14.8 Å². The van der Waals surface area contributed by atoms with Gasteiger partial charge in [0.05, 0.1) is 26.7 Å². The van der Waals surface area contributed by atoms with Crippen LogP contribution in [-0.4, -0.2) is 25.9 Å². The Hall–Kier alpha value is -2.14. The molecular formula is C19H21NO3S. The molecule has 0 fully saturated rings. The molecule has 0 saturated carbocycles. The van der Waals surface area contributed by atoms with Crippen molar-refractivity contribution in [3.05, 3.63) is 53.6 Å². The smallest absolute Gasteiger partial charge is 0.224 e. The number of hydrogen-bond donors (Lipinski definition) is 1. The summed E-state index contributed by atoms with van der Waals surface area (Å²) >= 11 is 1.85.